The molecule has 19 heavy (non-hydrogen) atoms. The van der Waals surface area contributed by atoms with Crippen LogP contribution in [0.5, 0.6) is 11.5 Å². The number of ether oxygens (including phenoxy) is 1. The minimum Gasteiger partial charge on any atom is -0.508 e. The van der Waals surface area contributed by atoms with Gasteiger partial charge in [0.2, 0.25) is 0 Å². The summed E-state index contributed by atoms with van der Waals surface area (Å²) < 4.78 is 6.99. The highest BCUT2D eigenvalue weighted by Crippen LogP contribution is 2.40. The Morgan fingerprint density at radius 3 is 2.63 bits per heavy atom. The Morgan fingerprint density at radius 2 is 1.89 bits per heavy atom. The average Bonchev–Trinajstić information content (AvgIpc) is 2.38. The number of rotatable bonds is 1. The summed E-state index contributed by atoms with van der Waals surface area (Å²) in [4.78, 5) is 0. The monoisotopic (exact) mass is 319 g/mol. The third kappa shape index (κ3) is 2.46. The number of hydrogen-bond donors (Lipinski definition) is 2. The van der Waals surface area contributed by atoms with Gasteiger partial charge in [-0.3, -0.25) is 0 Å². The van der Waals surface area contributed by atoms with Crippen molar-refractivity contribution in [3.8, 4) is 11.5 Å². The van der Waals surface area contributed by atoms with E-state index >= 15 is 0 Å². The zero-order valence-electron chi connectivity index (χ0n) is 10.2. The summed E-state index contributed by atoms with van der Waals surface area (Å²) in [6.45, 7) is 0. The van der Waals surface area contributed by atoms with Crippen LogP contribution in [0, 0.1) is 0 Å². The predicted octanol–water partition coefficient (Wildman–Crippen LogP) is 3.68. The van der Waals surface area contributed by atoms with Crippen molar-refractivity contribution in [1.82, 2.24) is 0 Å². The molecule has 1 heterocycles. The number of fused-ring (bicyclic) bond motifs is 1. The van der Waals surface area contributed by atoms with E-state index in [9.17, 15) is 5.11 Å². The fourth-order valence-corrected chi connectivity index (χ4v) is 2.71. The Morgan fingerprint density at radius 1 is 1.16 bits per heavy atom. The quantitative estimate of drug-likeness (QED) is 0.843. The molecule has 0 bridgehead atoms. The Kier molecular flexibility index (Phi) is 3.21. The Bertz CT molecular complexity index is 598. The average molecular weight is 320 g/mol. The van der Waals surface area contributed by atoms with Gasteiger partial charge in [0.1, 0.15) is 17.6 Å². The number of phenolic OH excluding ortho intramolecular Hbond substituents is 1. The predicted molar refractivity (Wildman–Crippen MR) is 77.2 cm³/mol. The van der Waals surface area contributed by atoms with Gasteiger partial charge in [-0.2, -0.15) is 0 Å². The fourth-order valence-electron chi connectivity index (χ4n) is 2.37. The first-order valence-electron chi connectivity index (χ1n) is 6.14. The summed E-state index contributed by atoms with van der Waals surface area (Å²) in [5.74, 6) is 1.08. The summed E-state index contributed by atoms with van der Waals surface area (Å²) in [6, 6.07) is 13.0. The molecule has 0 fully saturated rings. The highest BCUT2D eigenvalue weighted by Gasteiger charge is 2.27. The molecule has 0 saturated carbocycles. The molecule has 2 atom stereocenters. The third-order valence-electron chi connectivity index (χ3n) is 3.38. The van der Waals surface area contributed by atoms with E-state index in [1.54, 1.807) is 12.1 Å². The van der Waals surface area contributed by atoms with Crippen molar-refractivity contribution in [3.63, 3.8) is 0 Å². The van der Waals surface area contributed by atoms with Gasteiger partial charge < -0.3 is 15.6 Å². The Hall–Kier alpha value is -1.52. The normalized spacial score (nSPS) is 21.6. The molecule has 98 valence electrons. The van der Waals surface area contributed by atoms with E-state index < -0.39 is 0 Å². The van der Waals surface area contributed by atoms with E-state index in [-0.39, 0.29) is 17.9 Å². The number of phenols is 1. The first-order chi connectivity index (χ1) is 9.13. The molecule has 0 aliphatic carbocycles. The number of nitrogens with two attached hydrogens (primary N) is 1. The number of benzene rings is 2. The lowest BCUT2D eigenvalue weighted by molar-refractivity contribution is 0.161. The second-order valence-electron chi connectivity index (χ2n) is 4.72. The third-order valence-corrected chi connectivity index (χ3v) is 3.87. The van der Waals surface area contributed by atoms with Crippen LogP contribution in [-0.2, 0) is 0 Å². The maximum absolute atomic E-state index is 9.33. The SMILES string of the molecule is NC1CC(c2ccc(O)cc2)Oc2cc(Br)ccc21. The summed E-state index contributed by atoms with van der Waals surface area (Å²) >= 11 is 3.44. The van der Waals surface area contributed by atoms with Crippen LogP contribution in [0.2, 0.25) is 0 Å². The highest BCUT2D eigenvalue weighted by molar-refractivity contribution is 9.10. The van der Waals surface area contributed by atoms with E-state index in [4.69, 9.17) is 10.5 Å². The second-order valence-corrected chi connectivity index (χ2v) is 5.64. The van der Waals surface area contributed by atoms with Crippen LogP contribution in [0.15, 0.2) is 46.9 Å². The number of aromatic hydroxyl groups is 1. The molecule has 2 unspecified atom stereocenters. The van der Waals surface area contributed by atoms with Gasteiger partial charge in [-0.25, -0.2) is 0 Å². The van der Waals surface area contributed by atoms with Crippen molar-refractivity contribution in [3.05, 3.63) is 58.1 Å². The van der Waals surface area contributed by atoms with E-state index in [0.717, 1.165) is 27.8 Å². The van der Waals surface area contributed by atoms with Gasteiger partial charge in [0.05, 0.1) is 0 Å². The maximum atomic E-state index is 9.33. The van der Waals surface area contributed by atoms with Gasteiger partial charge in [0.15, 0.2) is 0 Å². The molecule has 3 rings (SSSR count). The van der Waals surface area contributed by atoms with Crippen LogP contribution in [-0.4, -0.2) is 5.11 Å². The van der Waals surface area contributed by atoms with E-state index in [1.165, 1.54) is 0 Å². The summed E-state index contributed by atoms with van der Waals surface area (Å²) in [5.41, 5.74) is 8.28. The Balaban J connectivity index is 1.93. The highest BCUT2D eigenvalue weighted by atomic mass is 79.9. The van der Waals surface area contributed by atoms with Crippen LogP contribution in [0.25, 0.3) is 0 Å². The molecule has 0 saturated heterocycles. The van der Waals surface area contributed by atoms with Gasteiger partial charge in [-0.1, -0.05) is 34.1 Å². The zero-order chi connectivity index (χ0) is 13.4. The molecule has 0 spiro atoms. The maximum Gasteiger partial charge on any atom is 0.126 e. The van der Waals surface area contributed by atoms with Crippen LogP contribution in [0.4, 0.5) is 0 Å². The van der Waals surface area contributed by atoms with Crippen molar-refractivity contribution < 1.29 is 9.84 Å². The molecule has 2 aromatic rings. The first-order valence-corrected chi connectivity index (χ1v) is 6.93. The number of halogens is 1. The van der Waals surface area contributed by atoms with Crippen molar-refractivity contribution in [2.75, 3.05) is 0 Å². The van der Waals surface area contributed by atoms with E-state index in [0.29, 0.717) is 0 Å². The topological polar surface area (TPSA) is 55.5 Å². The Labute approximate surface area is 120 Å². The molecule has 3 N–H and O–H groups in total. The molecular weight excluding hydrogens is 306 g/mol. The van der Waals surface area contributed by atoms with Crippen molar-refractivity contribution in [2.45, 2.75) is 18.6 Å². The largest absolute Gasteiger partial charge is 0.508 e. The van der Waals surface area contributed by atoms with Gasteiger partial charge >= 0.3 is 0 Å². The first kappa shape index (κ1) is 12.5. The minimum absolute atomic E-state index is 0.0318. The van der Waals surface area contributed by atoms with Gasteiger partial charge in [0.25, 0.3) is 0 Å². The van der Waals surface area contributed by atoms with Crippen LogP contribution in [0.1, 0.15) is 29.7 Å². The van der Waals surface area contributed by atoms with Gasteiger partial charge in [-0.15, -0.1) is 0 Å². The summed E-state index contributed by atoms with van der Waals surface area (Å²) in [5, 5.41) is 9.33. The van der Waals surface area contributed by atoms with Crippen LogP contribution in [0.3, 0.4) is 0 Å². The van der Waals surface area contributed by atoms with E-state index in [1.807, 2.05) is 30.3 Å². The number of hydrogen-bond acceptors (Lipinski definition) is 3. The van der Waals surface area contributed by atoms with Crippen molar-refractivity contribution in [1.29, 1.82) is 0 Å². The van der Waals surface area contributed by atoms with Gasteiger partial charge in [-0.05, 0) is 29.8 Å². The minimum atomic E-state index is -0.0719. The zero-order valence-corrected chi connectivity index (χ0v) is 11.8. The lowest BCUT2D eigenvalue weighted by Gasteiger charge is -2.30. The molecule has 0 amide bonds. The van der Waals surface area contributed by atoms with Crippen LogP contribution >= 0.6 is 15.9 Å². The summed E-state index contributed by atoms with van der Waals surface area (Å²) in [7, 11) is 0. The summed E-state index contributed by atoms with van der Waals surface area (Å²) in [6.07, 6.45) is 0.664. The smallest absolute Gasteiger partial charge is 0.126 e. The van der Waals surface area contributed by atoms with E-state index in [2.05, 4.69) is 15.9 Å². The molecule has 1 aliphatic heterocycles. The molecule has 0 aromatic heterocycles. The molecule has 0 radical (unpaired) electrons. The van der Waals surface area contributed by atoms with Crippen molar-refractivity contribution >= 4 is 15.9 Å². The lowest BCUT2D eigenvalue weighted by Crippen LogP contribution is -2.24. The van der Waals surface area contributed by atoms with Gasteiger partial charge in [0, 0.05) is 22.5 Å². The lowest BCUT2D eigenvalue weighted by atomic mass is 9.93. The molecule has 4 heteroatoms. The van der Waals surface area contributed by atoms with Crippen LogP contribution < -0.4 is 10.5 Å². The fraction of sp³-hybridized carbons (Fsp3) is 0.200. The molecule has 2 aromatic carbocycles. The standard InChI is InChI=1S/C15H14BrNO2/c16-10-3-6-12-13(17)8-14(19-15(12)7-10)9-1-4-11(18)5-2-9/h1-7,13-14,18H,8,17H2. The molecular formula is C15H14BrNO2. The molecule has 1 aliphatic rings. The molecule has 3 nitrogen and oxygen atoms in total. The van der Waals surface area contributed by atoms with Crippen molar-refractivity contribution in [2.24, 2.45) is 5.73 Å². The second kappa shape index (κ2) is 4.87.